The number of fused-ring (bicyclic) bond motifs is 3. The van der Waals surface area contributed by atoms with E-state index in [2.05, 4.69) is 0 Å². The first-order valence-corrected chi connectivity index (χ1v) is 8.09. The van der Waals surface area contributed by atoms with Crippen LogP contribution in [0.1, 0.15) is 98.5 Å². The van der Waals surface area contributed by atoms with Crippen molar-refractivity contribution in [2.45, 2.75) is 64.7 Å². The zero-order valence-corrected chi connectivity index (χ0v) is 15.7. The number of ether oxygens (including phenoxy) is 3. The number of hydrogen-bond acceptors (Lipinski definition) is 6. The zero-order chi connectivity index (χ0) is 48.2. The van der Waals surface area contributed by atoms with Crippen LogP contribution in [0, 0.1) is 17.7 Å². The van der Waals surface area contributed by atoms with Gasteiger partial charge in [-0.15, -0.1) is 0 Å². The van der Waals surface area contributed by atoms with Crippen molar-refractivity contribution in [2.24, 2.45) is 23.4 Å². The van der Waals surface area contributed by atoms with Gasteiger partial charge >= 0.3 is 5.97 Å². The van der Waals surface area contributed by atoms with Crippen molar-refractivity contribution in [3.8, 4) is 11.5 Å². The van der Waals surface area contributed by atoms with Crippen LogP contribution in [-0.4, -0.2) is 50.1 Å². The number of rotatable bonds is 7. The molecule has 4 unspecified atom stereocenters. The summed E-state index contributed by atoms with van der Waals surface area (Å²) in [5.74, 6) is -19.6. The highest BCUT2D eigenvalue weighted by atomic mass is 16.5. The van der Waals surface area contributed by atoms with Crippen molar-refractivity contribution in [2.75, 3.05) is 27.1 Å². The monoisotopic (exact) mass is 448 g/mol. The summed E-state index contributed by atoms with van der Waals surface area (Å²) in [5.41, 5.74) is 2.07. The Morgan fingerprint density at radius 3 is 2.97 bits per heavy atom. The lowest BCUT2D eigenvalue weighted by Gasteiger charge is -2.47. The van der Waals surface area contributed by atoms with Gasteiger partial charge < -0.3 is 19.9 Å². The highest BCUT2D eigenvalue weighted by molar-refractivity contribution is 5.76. The summed E-state index contributed by atoms with van der Waals surface area (Å²) in [7, 11) is -2.91. The molecule has 2 N–H and O–H groups in total. The third-order valence-corrected chi connectivity index (χ3v) is 3.67. The molecule has 3 rings (SSSR count). The van der Waals surface area contributed by atoms with Crippen LogP contribution in [0.2, 0.25) is 0 Å². The molecule has 0 saturated carbocycles. The van der Waals surface area contributed by atoms with E-state index >= 15 is 0 Å². The maximum atomic E-state index is 14.1. The highest BCUT2D eigenvalue weighted by Gasteiger charge is 2.41. The molecule has 0 amide bonds. The maximum absolute atomic E-state index is 14.1. The van der Waals surface area contributed by atoms with Crippen LogP contribution in [0.4, 0.5) is 0 Å². The van der Waals surface area contributed by atoms with Crippen molar-refractivity contribution in [1.82, 2.24) is 4.90 Å². The molecule has 0 radical (unpaired) electrons. The molecule has 2 heterocycles. The van der Waals surface area contributed by atoms with Crippen LogP contribution in [0.25, 0.3) is 0 Å². The van der Waals surface area contributed by atoms with E-state index in [4.69, 9.17) is 51.5 Å². The van der Waals surface area contributed by atoms with Crippen LogP contribution in [0.5, 0.6) is 11.5 Å². The normalized spacial score (nSPS) is 59.2. The molecule has 6 heteroatoms. The minimum atomic E-state index is -5.28. The highest BCUT2D eigenvalue weighted by Crippen LogP contribution is 2.44. The van der Waals surface area contributed by atoms with Crippen molar-refractivity contribution in [1.29, 1.82) is 0 Å². The van der Waals surface area contributed by atoms with Gasteiger partial charge in [0.15, 0.2) is 11.5 Å². The van der Waals surface area contributed by atoms with E-state index in [1.54, 1.807) is 0 Å². The topological polar surface area (TPSA) is 74.0 Å². The third kappa shape index (κ3) is 4.75. The van der Waals surface area contributed by atoms with E-state index in [1.807, 2.05) is 0 Å². The molecule has 0 aliphatic carbocycles. The molecule has 5 atom stereocenters. The number of nitrogens with zero attached hydrogens (tertiary/aromatic N) is 1. The fraction of sp³-hybridized carbons (Fsp3) is 0.708. The van der Waals surface area contributed by atoms with Gasteiger partial charge in [-0.05, 0) is 47.7 Å². The van der Waals surface area contributed by atoms with Crippen molar-refractivity contribution >= 4 is 5.97 Å². The van der Waals surface area contributed by atoms with Gasteiger partial charge in [-0.2, -0.15) is 0 Å². The van der Waals surface area contributed by atoms with E-state index in [-0.39, 0.29) is 6.92 Å². The fourth-order valence-corrected chi connectivity index (χ4v) is 2.37. The summed E-state index contributed by atoms with van der Waals surface area (Å²) >= 11 is 0. The lowest BCUT2D eigenvalue weighted by molar-refractivity contribution is -0.160. The zero-order valence-electron chi connectivity index (χ0n) is 45.7. The van der Waals surface area contributed by atoms with Crippen LogP contribution in [-0.2, 0) is 15.9 Å². The molecule has 30 heavy (non-hydrogen) atoms. The van der Waals surface area contributed by atoms with E-state index < -0.39 is 141 Å². The minimum Gasteiger partial charge on any atom is -0.493 e. The molecule has 1 aromatic rings. The molecular formula is C24H38N2O4. The Morgan fingerprint density at radius 2 is 2.27 bits per heavy atom. The molecule has 0 aromatic heterocycles. The second-order valence-corrected chi connectivity index (χ2v) is 5.75. The number of benzene rings is 1. The number of carbonyl (C=O) groups excluding carboxylic acids is 1. The van der Waals surface area contributed by atoms with Crippen LogP contribution < -0.4 is 15.2 Å². The van der Waals surface area contributed by atoms with Gasteiger partial charge in [0.2, 0.25) is 0 Å². The average Bonchev–Trinajstić information content (AvgIpc) is 3.00. The number of hydrogen-bond donors (Lipinski definition) is 1. The summed E-state index contributed by atoms with van der Waals surface area (Å²) in [5, 5.41) is 0. The summed E-state index contributed by atoms with van der Waals surface area (Å²) in [6.45, 7) is -22.2. The van der Waals surface area contributed by atoms with Gasteiger partial charge in [0.05, 0.1) is 25.1 Å². The Balaban J connectivity index is 2.84. The molecule has 0 spiro atoms. The van der Waals surface area contributed by atoms with Gasteiger partial charge in [-0.1, -0.05) is 27.5 Å². The van der Waals surface area contributed by atoms with Gasteiger partial charge in [0.25, 0.3) is 0 Å². The van der Waals surface area contributed by atoms with Gasteiger partial charge in [-0.3, -0.25) is 9.69 Å². The second kappa shape index (κ2) is 9.56. The fourth-order valence-electron chi connectivity index (χ4n) is 2.37. The minimum absolute atomic E-state index is 0.132. The van der Waals surface area contributed by atoms with E-state index in [0.717, 1.165) is 0 Å². The van der Waals surface area contributed by atoms with Gasteiger partial charge in [0.1, 0.15) is 12.1 Å². The lowest BCUT2D eigenvalue weighted by atomic mass is 9.79. The van der Waals surface area contributed by atoms with Crippen LogP contribution in [0.15, 0.2) is 12.1 Å². The summed E-state index contributed by atoms with van der Waals surface area (Å²) in [4.78, 5) is 13.1. The van der Waals surface area contributed by atoms with E-state index in [9.17, 15) is 14.4 Å². The number of esters is 1. The lowest BCUT2D eigenvalue weighted by Crippen LogP contribution is -2.51. The molecule has 0 bridgehead atoms. The second-order valence-electron chi connectivity index (χ2n) is 5.75. The third-order valence-electron chi connectivity index (χ3n) is 3.67. The first kappa shape index (κ1) is 5.76. The molecule has 1 saturated heterocycles. The molecule has 6 nitrogen and oxygen atoms in total. The Morgan fingerprint density at radius 1 is 1.47 bits per heavy atom. The van der Waals surface area contributed by atoms with Crippen LogP contribution in [0.3, 0.4) is 0 Å². The number of piperidine rings is 1. The maximum Gasteiger partial charge on any atom is 0.323 e. The molecule has 2 aliphatic heterocycles. The van der Waals surface area contributed by atoms with Gasteiger partial charge in [-0.25, -0.2) is 0 Å². The standard InChI is InChI=1S/C24H38N2O4/c1-14(2)9-17-13-26-8-7-16-10-21(28-5)22(29-6)11-18(16)19(26)12-20(17)30-24(27)23(25)15(3)4/h10-11,14-15,17,19-20,23H,7-9,12-13,25H2,1-6H3/t17?,19?,20?,23-/m0/s1/i1D3,3D3,4D3,5D3,7D2,8D2,9D2,10D,11D,12D2,13D2,14D,15D,17D,19D,20D,23D/t14?,17?,19?,20?,23-. The Hall–Kier alpha value is -1.79. The molecule has 168 valence electrons. The molecule has 1 aromatic carbocycles. The smallest absolute Gasteiger partial charge is 0.323 e. The Labute approximate surface area is 223 Å². The molecule has 2 aliphatic rings. The first-order valence-electron chi connectivity index (χ1n) is 23.1. The predicted molar refractivity (Wildman–Crippen MR) is 118 cm³/mol. The van der Waals surface area contributed by atoms with Crippen molar-refractivity contribution < 1.29 is 60.1 Å². The molecular weight excluding hydrogens is 380 g/mol. The average molecular weight is 449 g/mol. The predicted octanol–water partition coefficient (Wildman–Crippen LogP) is 3.56. The summed E-state index contributed by atoms with van der Waals surface area (Å²) in [6.07, 6.45) is -19.3. The van der Waals surface area contributed by atoms with Crippen LogP contribution >= 0.6 is 0 Å². The largest absolute Gasteiger partial charge is 0.493 e. The number of nitrogens with two attached hydrogens (primary N) is 1. The summed E-state index contributed by atoms with van der Waals surface area (Å²) < 4.78 is 269. The Bertz CT molecular complexity index is 1900. The summed E-state index contributed by atoms with van der Waals surface area (Å²) in [6, 6.07) is -12.5. The first-order chi connectivity index (χ1) is 25.9. The quantitative estimate of drug-likeness (QED) is 0.643. The SMILES string of the molecule is [2H]c1c(OC([2H])([2H])[2H])c(OC)c([2H])c2c1C([2H])([2H])C([2H])([2H])N1C([2H])([2H])C([2H])(C([2H])([2H])C([2H])(C)C([2H])([2H])[2H])C([2H])(OC(=O)[C@@]([2H])(N)C([2H])(C([2H])([2H])[2H])C([2H])([2H])[2H])C([2H])([2H])C21[2H]. The number of carbonyl (C=O) groups is 1. The van der Waals surface area contributed by atoms with E-state index in [1.165, 1.54) is 0 Å². The van der Waals surface area contributed by atoms with Gasteiger partial charge in [0, 0.05) is 61.4 Å². The molecule has 1 fully saturated rings. The number of methoxy groups -OCH3 is 2. The van der Waals surface area contributed by atoms with Crippen molar-refractivity contribution in [3.05, 3.63) is 23.2 Å². The van der Waals surface area contributed by atoms with Crippen molar-refractivity contribution in [3.63, 3.8) is 0 Å². The Kier molecular flexibility index (Phi) is 1.84. The van der Waals surface area contributed by atoms with E-state index in [0.29, 0.717) is 7.11 Å².